The lowest BCUT2D eigenvalue weighted by Crippen LogP contribution is -2.29. The number of rotatable bonds is 7. The molecular weight excluding hydrogens is 368 g/mol. The van der Waals surface area contributed by atoms with E-state index in [4.69, 9.17) is 9.47 Å². The molecule has 1 saturated heterocycles. The molecule has 1 atom stereocenters. The van der Waals surface area contributed by atoms with Crippen molar-refractivity contribution in [3.05, 3.63) is 30.6 Å². The first-order valence-electron chi connectivity index (χ1n) is 8.74. The minimum atomic E-state index is -2.91. The second-order valence-electron chi connectivity index (χ2n) is 6.48. The van der Waals surface area contributed by atoms with Crippen LogP contribution in [0.1, 0.15) is 12.8 Å². The molecule has 2 aromatic rings. The van der Waals surface area contributed by atoms with Gasteiger partial charge in [-0.05, 0) is 30.9 Å². The molecule has 0 bridgehead atoms. The van der Waals surface area contributed by atoms with E-state index < -0.39 is 9.84 Å². The molecule has 1 fully saturated rings. The van der Waals surface area contributed by atoms with Gasteiger partial charge in [0.1, 0.15) is 29.5 Å². The molecule has 2 heterocycles. The molecule has 9 heteroatoms. The summed E-state index contributed by atoms with van der Waals surface area (Å²) < 4.78 is 34.1. The molecule has 1 aliphatic rings. The molecule has 27 heavy (non-hydrogen) atoms. The number of hydrogen-bond donors (Lipinski definition) is 2. The van der Waals surface area contributed by atoms with E-state index in [0.29, 0.717) is 35.4 Å². The fourth-order valence-corrected chi connectivity index (χ4v) is 4.87. The lowest BCUT2D eigenvalue weighted by atomic mass is 10.1. The van der Waals surface area contributed by atoms with E-state index in [1.165, 1.54) is 6.33 Å². The summed E-state index contributed by atoms with van der Waals surface area (Å²) >= 11 is 0. The van der Waals surface area contributed by atoms with Crippen molar-refractivity contribution in [1.29, 1.82) is 0 Å². The van der Waals surface area contributed by atoms with Crippen LogP contribution in [0, 0.1) is 5.92 Å². The van der Waals surface area contributed by atoms with E-state index in [0.717, 1.165) is 18.5 Å². The minimum absolute atomic E-state index is 0.108. The van der Waals surface area contributed by atoms with Crippen molar-refractivity contribution in [3.8, 4) is 11.5 Å². The van der Waals surface area contributed by atoms with Crippen molar-refractivity contribution in [1.82, 2.24) is 9.97 Å². The number of sulfone groups is 1. The van der Waals surface area contributed by atoms with Crippen LogP contribution in [0.2, 0.25) is 0 Å². The molecule has 3 rings (SSSR count). The normalized spacial score (nSPS) is 18.5. The molecule has 146 valence electrons. The van der Waals surface area contributed by atoms with E-state index in [2.05, 4.69) is 20.6 Å². The summed E-state index contributed by atoms with van der Waals surface area (Å²) in [5.41, 5.74) is 0.751. The lowest BCUT2D eigenvalue weighted by molar-refractivity contribution is 0.395. The van der Waals surface area contributed by atoms with Crippen LogP contribution in [-0.4, -0.2) is 50.7 Å². The summed E-state index contributed by atoms with van der Waals surface area (Å²) in [6, 6.07) is 7.24. The van der Waals surface area contributed by atoms with Gasteiger partial charge in [0.25, 0.3) is 0 Å². The van der Waals surface area contributed by atoms with Crippen LogP contribution in [0.4, 0.5) is 17.3 Å². The van der Waals surface area contributed by atoms with Crippen LogP contribution in [0.5, 0.6) is 11.5 Å². The van der Waals surface area contributed by atoms with Crippen molar-refractivity contribution in [2.75, 3.05) is 42.9 Å². The summed E-state index contributed by atoms with van der Waals surface area (Å²) in [6.07, 6.45) is 3.09. The van der Waals surface area contributed by atoms with Gasteiger partial charge in [0, 0.05) is 18.7 Å². The second kappa shape index (κ2) is 8.43. The second-order valence-corrected chi connectivity index (χ2v) is 8.71. The molecule has 1 aromatic carbocycles. The zero-order valence-electron chi connectivity index (χ0n) is 15.4. The van der Waals surface area contributed by atoms with Crippen molar-refractivity contribution >= 4 is 27.2 Å². The Morgan fingerprint density at radius 2 is 1.96 bits per heavy atom. The van der Waals surface area contributed by atoms with Crippen LogP contribution in [-0.2, 0) is 9.84 Å². The molecule has 2 N–H and O–H groups in total. The van der Waals surface area contributed by atoms with Gasteiger partial charge in [0.15, 0.2) is 9.84 Å². The fraction of sp³-hybridized carbons (Fsp3) is 0.444. The quantitative estimate of drug-likeness (QED) is 0.741. The Kier molecular flexibility index (Phi) is 6.00. The average Bonchev–Trinajstić information content (AvgIpc) is 2.66. The number of hydrogen-bond acceptors (Lipinski definition) is 8. The number of methoxy groups -OCH3 is 2. The van der Waals surface area contributed by atoms with Gasteiger partial charge in [-0.2, -0.15) is 0 Å². The summed E-state index contributed by atoms with van der Waals surface area (Å²) in [4.78, 5) is 8.43. The molecule has 0 aliphatic carbocycles. The predicted octanol–water partition coefficient (Wildman–Crippen LogP) is 2.47. The first-order chi connectivity index (χ1) is 13.0. The molecular formula is C18H24N4O4S. The first kappa shape index (κ1) is 19.2. The Morgan fingerprint density at radius 3 is 2.70 bits per heavy atom. The number of nitrogens with zero attached hydrogens (tertiary/aromatic N) is 2. The van der Waals surface area contributed by atoms with Crippen molar-refractivity contribution in [3.63, 3.8) is 0 Å². The van der Waals surface area contributed by atoms with Gasteiger partial charge in [0.05, 0.1) is 31.4 Å². The van der Waals surface area contributed by atoms with Crippen LogP contribution < -0.4 is 20.1 Å². The number of nitrogens with one attached hydrogen (secondary N) is 2. The lowest BCUT2D eigenvalue weighted by Gasteiger charge is -2.22. The first-order valence-corrected chi connectivity index (χ1v) is 10.6. The van der Waals surface area contributed by atoms with Crippen LogP contribution >= 0.6 is 0 Å². The maximum absolute atomic E-state index is 11.8. The third kappa shape index (κ3) is 5.22. The highest BCUT2D eigenvalue weighted by Crippen LogP contribution is 2.31. The maximum atomic E-state index is 11.8. The van der Waals surface area contributed by atoms with Crippen LogP contribution in [0.15, 0.2) is 30.6 Å². The van der Waals surface area contributed by atoms with Gasteiger partial charge in [-0.3, -0.25) is 0 Å². The Bertz CT molecular complexity index is 889. The highest BCUT2D eigenvalue weighted by atomic mass is 32.2. The largest absolute Gasteiger partial charge is 0.497 e. The standard InChI is InChI=1S/C18H24N4O4S/c1-25-14-5-6-15(16(8-14)26-2)22-18-9-17(20-12-21-18)19-10-13-4-3-7-27(23,24)11-13/h5-6,8-9,12-13H,3-4,7,10-11H2,1-2H3,(H2,19,20,21,22). The molecule has 0 spiro atoms. The Morgan fingerprint density at radius 1 is 1.15 bits per heavy atom. The van der Waals surface area contributed by atoms with Crippen LogP contribution in [0.3, 0.4) is 0 Å². The minimum Gasteiger partial charge on any atom is -0.497 e. The third-order valence-electron chi connectivity index (χ3n) is 4.47. The molecule has 0 saturated carbocycles. The van der Waals surface area contributed by atoms with Gasteiger partial charge in [-0.1, -0.05) is 0 Å². The number of aromatic nitrogens is 2. The highest BCUT2D eigenvalue weighted by molar-refractivity contribution is 7.91. The average molecular weight is 392 g/mol. The molecule has 0 radical (unpaired) electrons. The van der Waals surface area contributed by atoms with Crippen molar-refractivity contribution < 1.29 is 17.9 Å². The third-order valence-corrected chi connectivity index (χ3v) is 6.36. The SMILES string of the molecule is COc1ccc(Nc2cc(NCC3CCCS(=O)(=O)C3)ncn2)c(OC)c1. The van der Waals surface area contributed by atoms with Crippen molar-refractivity contribution in [2.24, 2.45) is 5.92 Å². The fourth-order valence-electron chi connectivity index (χ4n) is 3.09. The number of ether oxygens (including phenoxy) is 2. The zero-order valence-corrected chi connectivity index (χ0v) is 16.3. The molecule has 1 unspecified atom stereocenters. The number of benzene rings is 1. The smallest absolute Gasteiger partial charge is 0.150 e. The monoisotopic (exact) mass is 392 g/mol. The van der Waals surface area contributed by atoms with Crippen LogP contribution in [0.25, 0.3) is 0 Å². The number of anilines is 3. The molecule has 1 aliphatic heterocycles. The van der Waals surface area contributed by atoms with Gasteiger partial charge >= 0.3 is 0 Å². The van der Waals surface area contributed by atoms with Gasteiger partial charge in [0.2, 0.25) is 0 Å². The zero-order chi connectivity index (χ0) is 19.3. The van der Waals surface area contributed by atoms with E-state index in [1.54, 1.807) is 26.4 Å². The molecule has 8 nitrogen and oxygen atoms in total. The van der Waals surface area contributed by atoms with Gasteiger partial charge in [-0.15, -0.1) is 0 Å². The Balaban J connectivity index is 1.65. The summed E-state index contributed by atoms with van der Waals surface area (Å²) in [5.74, 6) is 3.22. The topological polar surface area (TPSA) is 102 Å². The van der Waals surface area contributed by atoms with E-state index in [1.807, 2.05) is 12.1 Å². The molecule has 1 aromatic heterocycles. The van der Waals surface area contributed by atoms with Crippen molar-refractivity contribution in [2.45, 2.75) is 12.8 Å². The van der Waals surface area contributed by atoms with Gasteiger partial charge < -0.3 is 20.1 Å². The summed E-state index contributed by atoms with van der Waals surface area (Å²) in [6.45, 7) is 0.571. The molecule has 0 amide bonds. The predicted molar refractivity (Wildman–Crippen MR) is 105 cm³/mol. The maximum Gasteiger partial charge on any atom is 0.150 e. The summed E-state index contributed by atoms with van der Waals surface area (Å²) in [5, 5.41) is 6.42. The summed E-state index contributed by atoms with van der Waals surface area (Å²) in [7, 11) is 0.280. The van der Waals surface area contributed by atoms with E-state index in [-0.39, 0.29) is 11.7 Å². The Labute approximate surface area is 159 Å². The van der Waals surface area contributed by atoms with E-state index >= 15 is 0 Å². The van der Waals surface area contributed by atoms with Gasteiger partial charge in [-0.25, -0.2) is 18.4 Å². The van der Waals surface area contributed by atoms with E-state index in [9.17, 15) is 8.42 Å². The highest BCUT2D eigenvalue weighted by Gasteiger charge is 2.24. The Hall–Kier alpha value is -2.55.